The second-order valence-electron chi connectivity index (χ2n) is 3.91. The van der Waals surface area contributed by atoms with Gasteiger partial charge in [0.25, 0.3) is 5.56 Å². The fraction of sp³-hybridized carbons (Fsp3) is 0.556. The zero-order valence-electron chi connectivity index (χ0n) is 9.05. The first-order valence-electron chi connectivity index (χ1n) is 5.12. The third-order valence-corrected chi connectivity index (χ3v) is 2.74. The molecule has 2 rings (SSSR count). The van der Waals surface area contributed by atoms with Crippen molar-refractivity contribution < 1.29 is 25.2 Å². The maximum atomic E-state index is 11.5. The van der Waals surface area contributed by atoms with Crippen LogP contribution in [-0.4, -0.2) is 54.9 Å². The van der Waals surface area contributed by atoms with Crippen LogP contribution in [0.3, 0.4) is 0 Å². The third-order valence-electron chi connectivity index (χ3n) is 2.74. The Morgan fingerprint density at radius 1 is 1.33 bits per heavy atom. The van der Waals surface area contributed by atoms with Gasteiger partial charge in [0.05, 0.1) is 12.8 Å². The highest BCUT2D eigenvalue weighted by Crippen LogP contribution is 2.28. The Balaban J connectivity index is 2.42. The number of aliphatic hydroxyl groups is 3. The fourth-order valence-corrected chi connectivity index (χ4v) is 1.77. The van der Waals surface area contributed by atoms with E-state index in [4.69, 9.17) is 9.84 Å². The molecule has 0 aliphatic carbocycles. The molecule has 4 atom stereocenters. The summed E-state index contributed by atoms with van der Waals surface area (Å²) in [6.07, 6.45) is -4.40. The zero-order valence-corrected chi connectivity index (χ0v) is 9.05. The quantitative estimate of drug-likeness (QED) is 0.377. The summed E-state index contributed by atoms with van der Waals surface area (Å²) in [5.41, 5.74) is -1.88. The van der Waals surface area contributed by atoms with Gasteiger partial charge in [-0.1, -0.05) is 0 Å². The van der Waals surface area contributed by atoms with Crippen LogP contribution in [0.2, 0.25) is 0 Å². The summed E-state index contributed by atoms with van der Waals surface area (Å²) in [6, 6.07) is 0. The largest absolute Gasteiger partial charge is 0.502 e. The van der Waals surface area contributed by atoms with Crippen LogP contribution in [0.25, 0.3) is 0 Å². The SMILES string of the molecule is O=c1[nH]c(=O)n([C@@H]2O[C@H](CO)[C@H](O)[C@@H]2O)cc1O. The van der Waals surface area contributed by atoms with Crippen molar-refractivity contribution in [3.05, 3.63) is 27.0 Å². The van der Waals surface area contributed by atoms with Crippen LogP contribution in [0.4, 0.5) is 0 Å². The van der Waals surface area contributed by atoms with E-state index in [0.29, 0.717) is 0 Å². The van der Waals surface area contributed by atoms with Crippen molar-refractivity contribution in [1.82, 2.24) is 9.55 Å². The number of hydrogen-bond acceptors (Lipinski definition) is 7. The minimum absolute atomic E-state index is 0.543. The molecule has 0 amide bonds. The predicted octanol–water partition coefficient (Wildman–Crippen LogP) is -3.15. The molecule has 9 nitrogen and oxygen atoms in total. The number of nitrogens with zero attached hydrogens (tertiary/aromatic N) is 1. The van der Waals surface area contributed by atoms with E-state index in [9.17, 15) is 24.9 Å². The molecule has 5 N–H and O–H groups in total. The Kier molecular flexibility index (Phi) is 3.22. The van der Waals surface area contributed by atoms with Crippen LogP contribution >= 0.6 is 0 Å². The Morgan fingerprint density at radius 3 is 2.56 bits per heavy atom. The molecule has 1 aromatic rings. The average molecular weight is 260 g/mol. The van der Waals surface area contributed by atoms with E-state index in [1.807, 2.05) is 4.98 Å². The number of hydrogen-bond donors (Lipinski definition) is 5. The molecule has 1 aromatic heterocycles. The summed E-state index contributed by atoms with van der Waals surface area (Å²) in [5.74, 6) is -0.729. The molecular formula is C9H12N2O7. The molecular weight excluding hydrogens is 248 g/mol. The molecule has 0 spiro atoms. The number of ether oxygens (including phenoxy) is 1. The van der Waals surface area contributed by atoms with E-state index in [-0.39, 0.29) is 0 Å². The maximum absolute atomic E-state index is 11.5. The minimum Gasteiger partial charge on any atom is -0.502 e. The van der Waals surface area contributed by atoms with Gasteiger partial charge in [0.15, 0.2) is 12.0 Å². The van der Waals surface area contributed by atoms with E-state index in [1.165, 1.54) is 0 Å². The topological polar surface area (TPSA) is 145 Å². The molecule has 0 saturated carbocycles. The van der Waals surface area contributed by atoms with Gasteiger partial charge in [-0.05, 0) is 0 Å². The molecule has 9 heteroatoms. The molecule has 2 heterocycles. The summed E-state index contributed by atoms with van der Waals surface area (Å²) in [6.45, 7) is -0.543. The summed E-state index contributed by atoms with van der Waals surface area (Å²) in [4.78, 5) is 24.3. The van der Waals surface area contributed by atoms with Crippen LogP contribution < -0.4 is 11.2 Å². The normalized spacial score (nSPS) is 31.7. The lowest BCUT2D eigenvalue weighted by molar-refractivity contribution is -0.0552. The Hall–Kier alpha value is -1.68. The van der Waals surface area contributed by atoms with Crippen LogP contribution in [0.1, 0.15) is 6.23 Å². The molecule has 0 unspecified atom stereocenters. The van der Waals surface area contributed by atoms with Crippen molar-refractivity contribution in [2.24, 2.45) is 0 Å². The van der Waals surface area contributed by atoms with Gasteiger partial charge in [-0.3, -0.25) is 14.3 Å². The van der Waals surface area contributed by atoms with E-state index in [1.54, 1.807) is 0 Å². The van der Waals surface area contributed by atoms with E-state index < -0.39 is 48.1 Å². The van der Waals surface area contributed by atoms with E-state index in [2.05, 4.69) is 0 Å². The van der Waals surface area contributed by atoms with Gasteiger partial charge in [0, 0.05) is 0 Å². The molecule has 1 saturated heterocycles. The second-order valence-corrected chi connectivity index (χ2v) is 3.91. The number of rotatable bonds is 2. The highest BCUT2D eigenvalue weighted by molar-refractivity contribution is 5.10. The average Bonchev–Trinajstić information content (AvgIpc) is 2.61. The molecule has 1 aliphatic heterocycles. The van der Waals surface area contributed by atoms with Crippen molar-refractivity contribution in [2.45, 2.75) is 24.5 Å². The Morgan fingerprint density at radius 2 is 2.00 bits per heavy atom. The maximum Gasteiger partial charge on any atom is 0.330 e. The smallest absolute Gasteiger partial charge is 0.330 e. The number of aromatic amines is 1. The van der Waals surface area contributed by atoms with Gasteiger partial charge in [0.1, 0.15) is 18.3 Å². The van der Waals surface area contributed by atoms with Gasteiger partial charge >= 0.3 is 5.69 Å². The summed E-state index contributed by atoms with van der Waals surface area (Å²) in [7, 11) is 0. The summed E-state index contributed by atoms with van der Waals surface area (Å²) < 4.78 is 5.81. The van der Waals surface area contributed by atoms with Gasteiger partial charge in [-0.2, -0.15) is 0 Å². The first-order valence-corrected chi connectivity index (χ1v) is 5.12. The molecule has 1 fully saturated rings. The van der Waals surface area contributed by atoms with Crippen molar-refractivity contribution in [3.8, 4) is 5.75 Å². The van der Waals surface area contributed by atoms with Crippen molar-refractivity contribution in [2.75, 3.05) is 6.61 Å². The van der Waals surface area contributed by atoms with Crippen LogP contribution in [0.5, 0.6) is 5.75 Å². The number of aliphatic hydroxyl groups excluding tert-OH is 3. The first kappa shape index (κ1) is 12.8. The van der Waals surface area contributed by atoms with Gasteiger partial charge in [-0.25, -0.2) is 4.79 Å². The lowest BCUT2D eigenvalue weighted by atomic mass is 10.1. The highest BCUT2D eigenvalue weighted by Gasteiger charge is 2.43. The lowest BCUT2D eigenvalue weighted by Crippen LogP contribution is -2.37. The van der Waals surface area contributed by atoms with Crippen molar-refractivity contribution >= 4 is 0 Å². The van der Waals surface area contributed by atoms with E-state index >= 15 is 0 Å². The molecule has 18 heavy (non-hydrogen) atoms. The van der Waals surface area contributed by atoms with Gasteiger partial charge in [-0.15, -0.1) is 0 Å². The molecule has 1 aliphatic rings. The fourth-order valence-electron chi connectivity index (χ4n) is 1.77. The summed E-state index contributed by atoms with van der Waals surface area (Å²) >= 11 is 0. The van der Waals surface area contributed by atoms with Crippen molar-refractivity contribution in [3.63, 3.8) is 0 Å². The van der Waals surface area contributed by atoms with Gasteiger partial charge < -0.3 is 25.2 Å². The van der Waals surface area contributed by atoms with Crippen LogP contribution in [-0.2, 0) is 4.74 Å². The third kappa shape index (κ3) is 1.93. The minimum atomic E-state index is -1.47. The number of H-pyrrole nitrogens is 1. The Bertz CT molecular complexity index is 551. The summed E-state index contributed by atoms with van der Waals surface area (Å²) in [5, 5.41) is 37.3. The monoisotopic (exact) mass is 260 g/mol. The number of aromatic hydroxyl groups is 1. The van der Waals surface area contributed by atoms with Gasteiger partial charge in [0.2, 0.25) is 0 Å². The number of aromatic nitrogens is 2. The van der Waals surface area contributed by atoms with E-state index in [0.717, 1.165) is 10.8 Å². The lowest BCUT2D eigenvalue weighted by Gasteiger charge is -2.16. The highest BCUT2D eigenvalue weighted by atomic mass is 16.6. The Labute approximate surface area is 99.5 Å². The van der Waals surface area contributed by atoms with Crippen LogP contribution in [0, 0.1) is 0 Å². The second kappa shape index (κ2) is 4.53. The van der Waals surface area contributed by atoms with Crippen LogP contribution in [0.15, 0.2) is 15.8 Å². The first-order chi connectivity index (χ1) is 8.45. The standard InChI is InChI=1S/C9H12N2O7/c12-2-4-5(14)6(15)8(18-4)11-1-3(13)7(16)10-9(11)17/h1,4-6,8,12-15H,2H2,(H,10,16,17)/t4-,5+,6+,8-/m1/s1. The predicted molar refractivity (Wildman–Crippen MR) is 56.0 cm³/mol. The molecule has 0 aromatic carbocycles. The zero-order chi connectivity index (χ0) is 13.4. The number of nitrogens with one attached hydrogen (secondary N) is 1. The molecule has 0 radical (unpaired) electrons. The van der Waals surface area contributed by atoms with Crippen molar-refractivity contribution in [1.29, 1.82) is 0 Å². The molecule has 0 bridgehead atoms. The molecule has 100 valence electrons.